The van der Waals surface area contributed by atoms with E-state index in [1.807, 2.05) is 28.8 Å². The van der Waals surface area contributed by atoms with E-state index >= 15 is 0 Å². The SMILES string of the molecule is CCOC(=O)C1(O)CC2OC1(C)n1c3ccc(O)cc3c3c4c(c5c6ccccc6n2c5c31)C(=O)NC4=O. The number of aliphatic hydroxyl groups is 1. The maximum absolute atomic E-state index is 13.4. The van der Waals surface area contributed by atoms with Gasteiger partial charge in [-0.25, -0.2) is 4.79 Å². The molecule has 2 amide bonds. The summed E-state index contributed by atoms with van der Waals surface area (Å²) in [6.07, 6.45) is -0.887. The van der Waals surface area contributed by atoms with Crippen molar-refractivity contribution in [1.82, 2.24) is 14.5 Å². The number of fused-ring (bicyclic) bond motifs is 13. The van der Waals surface area contributed by atoms with E-state index < -0.39 is 35.3 Å². The summed E-state index contributed by atoms with van der Waals surface area (Å²) in [6.45, 7) is 3.37. The van der Waals surface area contributed by atoms with Crippen LogP contribution in [0.2, 0.25) is 0 Å². The molecule has 1 saturated heterocycles. The van der Waals surface area contributed by atoms with E-state index in [1.54, 1.807) is 24.5 Å². The number of phenols is 1. The first-order valence-electron chi connectivity index (χ1n) is 12.4. The third kappa shape index (κ3) is 2.14. The highest BCUT2D eigenvalue weighted by Crippen LogP contribution is 2.58. The minimum Gasteiger partial charge on any atom is -0.508 e. The van der Waals surface area contributed by atoms with Crippen molar-refractivity contribution in [2.75, 3.05) is 6.61 Å². The van der Waals surface area contributed by atoms with Crippen molar-refractivity contribution in [3.05, 3.63) is 53.6 Å². The van der Waals surface area contributed by atoms with Crippen molar-refractivity contribution in [1.29, 1.82) is 0 Å². The van der Waals surface area contributed by atoms with Crippen LogP contribution in [0.25, 0.3) is 43.6 Å². The Kier molecular flexibility index (Phi) is 3.72. The predicted octanol–water partition coefficient (Wildman–Crippen LogP) is 3.39. The summed E-state index contributed by atoms with van der Waals surface area (Å²) in [5, 5.41) is 27.3. The molecule has 3 aromatic carbocycles. The fourth-order valence-electron chi connectivity index (χ4n) is 6.93. The lowest BCUT2D eigenvalue weighted by Crippen LogP contribution is -2.56. The molecule has 10 heteroatoms. The Morgan fingerprint density at radius 2 is 1.79 bits per heavy atom. The number of phenolic OH excluding ortho intramolecular Hbond substituents is 1. The molecule has 3 atom stereocenters. The molecule has 38 heavy (non-hydrogen) atoms. The number of benzene rings is 3. The van der Waals surface area contributed by atoms with E-state index in [-0.39, 0.29) is 29.9 Å². The molecule has 8 rings (SSSR count). The van der Waals surface area contributed by atoms with E-state index in [0.29, 0.717) is 32.7 Å². The number of carbonyl (C=O) groups is 3. The minimum atomic E-state index is -2.09. The zero-order valence-electron chi connectivity index (χ0n) is 20.4. The second-order valence-electron chi connectivity index (χ2n) is 10.2. The number of esters is 1. The summed E-state index contributed by atoms with van der Waals surface area (Å²) in [5.41, 5.74) is -0.865. The number of ether oxygens (including phenoxy) is 2. The number of hydrogen-bond donors (Lipinski definition) is 3. The minimum absolute atomic E-state index is 0.0382. The van der Waals surface area contributed by atoms with Crippen molar-refractivity contribution < 1.29 is 34.1 Å². The van der Waals surface area contributed by atoms with Gasteiger partial charge in [0.2, 0.25) is 5.60 Å². The van der Waals surface area contributed by atoms with E-state index in [1.165, 1.54) is 12.1 Å². The van der Waals surface area contributed by atoms with Crippen LogP contribution in [0.3, 0.4) is 0 Å². The first kappa shape index (κ1) is 21.7. The van der Waals surface area contributed by atoms with Crippen molar-refractivity contribution in [3.63, 3.8) is 0 Å². The van der Waals surface area contributed by atoms with Gasteiger partial charge < -0.3 is 28.8 Å². The van der Waals surface area contributed by atoms with Gasteiger partial charge in [0, 0.05) is 28.0 Å². The fraction of sp³-hybridized carbons (Fsp3) is 0.250. The van der Waals surface area contributed by atoms with Gasteiger partial charge in [0.15, 0.2) is 5.72 Å². The molecule has 1 fully saturated rings. The molecule has 0 aliphatic carbocycles. The number of aromatic hydroxyl groups is 1. The normalized spacial score (nSPS) is 25.6. The third-order valence-electron chi connectivity index (χ3n) is 8.45. The molecule has 190 valence electrons. The van der Waals surface area contributed by atoms with Crippen LogP contribution in [0.4, 0.5) is 0 Å². The van der Waals surface area contributed by atoms with Crippen LogP contribution in [0.5, 0.6) is 5.75 Å². The Balaban J connectivity index is 1.71. The average Bonchev–Trinajstić information content (AvgIpc) is 3.54. The molecule has 0 radical (unpaired) electrons. The van der Waals surface area contributed by atoms with Crippen LogP contribution < -0.4 is 5.32 Å². The highest BCUT2D eigenvalue weighted by Gasteiger charge is 2.66. The van der Waals surface area contributed by atoms with Crippen LogP contribution in [0, 0.1) is 0 Å². The topological polar surface area (TPSA) is 132 Å². The largest absolute Gasteiger partial charge is 0.508 e. The van der Waals surface area contributed by atoms with Gasteiger partial charge >= 0.3 is 5.97 Å². The second-order valence-corrected chi connectivity index (χ2v) is 10.2. The fourth-order valence-corrected chi connectivity index (χ4v) is 6.93. The lowest BCUT2D eigenvalue weighted by molar-refractivity contribution is -0.204. The summed E-state index contributed by atoms with van der Waals surface area (Å²) in [6, 6.07) is 12.1. The quantitative estimate of drug-likeness (QED) is 0.245. The molecule has 3 N–H and O–H groups in total. The standard InChI is InChI=1S/C28H21N3O7/c1-3-37-26(35)28(36)11-17-30-15-7-5-4-6-13(15)18-20-21(25(34)29-24(20)33)19-14-10-12(32)8-9-16(14)31(23(19)22(18)30)27(28,2)38-17/h4-10,17,32,36H,3,11H2,1-2H3,(H,29,33,34). The lowest BCUT2D eigenvalue weighted by atomic mass is 9.88. The summed E-state index contributed by atoms with van der Waals surface area (Å²) >= 11 is 0. The van der Waals surface area contributed by atoms with Gasteiger partial charge in [0.25, 0.3) is 11.8 Å². The van der Waals surface area contributed by atoms with Crippen LogP contribution in [0.15, 0.2) is 42.5 Å². The zero-order valence-corrected chi connectivity index (χ0v) is 20.4. The van der Waals surface area contributed by atoms with E-state index in [0.717, 1.165) is 10.9 Å². The molecule has 5 heterocycles. The van der Waals surface area contributed by atoms with Crippen molar-refractivity contribution in [3.8, 4) is 5.75 Å². The molecular formula is C28H21N3O7. The van der Waals surface area contributed by atoms with Gasteiger partial charge in [-0.15, -0.1) is 0 Å². The molecule has 0 saturated carbocycles. The van der Waals surface area contributed by atoms with E-state index in [2.05, 4.69) is 5.32 Å². The Hall–Kier alpha value is -4.41. The number of para-hydroxylation sites is 1. The molecule has 10 nitrogen and oxygen atoms in total. The Morgan fingerprint density at radius 3 is 2.53 bits per heavy atom. The summed E-state index contributed by atoms with van der Waals surface area (Å²) < 4.78 is 15.6. The number of nitrogens with one attached hydrogen (secondary N) is 1. The van der Waals surface area contributed by atoms with E-state index in [9.17, 15) is 24.6 Å². The maximum Gasteiger partial charge on any atom is 0.343 e. The number of hydrogen-bond acceptors (Lipinski definition) is 7. The van der Waals surface area contributed by atoms with Crippen molar-refractivity contribution in [2.24, 2.45) is 0 Å². The molecule has 3 unspecified atom stereocenters. The maximum atomic E-state index is 13.4. The van der Waals surface area contributed by atoms with Gasteiger partial charge in [0.1, 0.15) is 12.0 Å². The summed E-state index contributed by atoms with van der Waals surface area (Å²) in [4.78, 5) is 39.9. The molecule has 3 aliphatic rings. The van der Waals surface area contributed by atoms with Gasteiger partial charge in [-0.3, -0.25) is 14.9 Å². The number of rotatable bonds is 2. The number of nitrogens with zero attached hydrogens (tertiary/aromatic N) is 2. The lowest BCUT2D eigenvalue weighted by Gasteiger charge is -2.37. The average molecular weight is 511 g/mol. The number of carbonyl (C=O) groups excluding carboxylic acids is 3. The summed E-state index contributed by atoms with van der Waals surface area (Å²) in [7, 11) is 0. The zero-order chi connectivity index (χ0) is 26.3. The Labute approximate surface area is 213 Å². The van der Waals surface area contributed by atoms with Crippen LogP contribution in [-0.2, 0) is 20.0 Å². The summed E-state index contributed by atoms with van der Waals surface area (Å²) in [5.74, 6) is -1.90. The highest BCUT2D eigenvalue weighted by molar-refractivity contribution is 6.39. The highest BCUT2D eigenvalue weighted by atomic mass is 16.6. The van der Waals surface area contributed by atoms with Gasteiger partial charge in [-0.2, -0.15) is 0 Å². The Bertz CT molecular complexity index is 1990. The van der Waals surface area contributed by atoms with Crippen LogP contribution in [-0.4, -0.2) is 49.3 Å². The van der Waals surface area contributed by atoms with Crippen molar-refractivity contribution in [2.45, 2.75) is 37.8 Å². The van der Waals surface area contributed by atoms with E-state index in [4.69, 9.17) is 9.47 Å². The number of amides is 2. The molecular weight excluding hydrogens is 490 g/mol. The molecule has 2 bridgehead atoms. The second kappa shape index (κ2) is 6.53. The van der Waals surface area contributed by atoms with Crippen molar-refractivity contribution >= 4 is 61.4 Å². The van der Waals surface area contributed by atoms with Crippen LogP contribution >= 0.6 is 0 Å². The third-order valence-corrected chi connectivity index (χ3v) is 8.45. The first-order chi connectivity index (χ1) is 18.2. The number of aromatic nitrogens is 2. The molecule has 3 aliphatic heterocycles. The van der Waals surface area contributed by atoms with Gasteiger partial charge in [-0.05, 0) is 38.1 Å². The molecule has 5 aromatic rings. The molecule has 2 aromatic heterocycles. The smallest absolute Gasteiger partial charge is 0.343 e. The predicted molar refractivity (Wildman–Crippen MR) is 136 cm³/mol. The first-order valence-corrected chi connectivity index (χ1v) is 12.4. The van der Waals surface area contributed by atoms with Crippen LogP contribution in [0.1, 0.15) is 47.2 Å². The van der Waals surface area contributed by atoms with Gasteiger partial charge in [0.05, 0.1) is 39.8 Å². The Morgan fingerprint density at radius 1 is 1.08 bits per heavy atom. The number of imide groups is 1. The van der Waals surface area contributed by atoms with Gasteiger partial charge in [-0.1, -0.05) is 18.2 Å². The molecule has 0 spiro atoms. The monoisotopic (exact) mass is 511 g/mol.